The Morgan fingerprint density at radius 2 is 1.71 bits per heavy atom. The van der Waals surface area contributed by atoms with E-state index < -0.39 is 0 Å². The summed E-state index contributed by atoms with van der Waals surface area (Å²) in [5.41, 5.74) is 5.89. The molecule has 1 aromatic heterocycles. The Labute approximate surface area is 182 Å². The van der Waals surface area contributed by atoms with Crippen LogP contribution in [0.3, 0.4) is 0 Å². The van der Waals surface area contributed by atoms with Gasteiger partial charge in [0.05, 0.1) is 19.9 Å². The molecule has 164 valence electrons. The molecule has 4 aliphatic rings. The predicted molar refractivity (Wildman–Crippen MR) is 118 cm³/mol. The van der Waals surface area contributed by atoms with Crippen molar-refractivity contribution in [2.45, 2.75) is 50.9 Å². The predicted octanol–water partition coefficient (Wildman–Crippen LogP) is 4.05. The Hall–Kier alpha value is -2.83. The van der Waals surface area contributed by atoms with E-state index in [0.29, 0.717) is 22.9 Å². The standard InChI is InChI=1S/C24H30N4O3/c1-14(18-4-5-20(30-2)21(9-18)31-3)25-28-23(29)19-10-22(27-26-19)24-11-15-6-16(12-24)8-17(7-15)13-24/h4-5,9-10,15-17H,6-8,11-13H2,1-3H3,(H,26,27)(H,28,29). The first-order chi connectivity index (χ1) is 15.0. The molecule has 1 amide bonds. The number of ether oxygens (including phenoxy) is 2. The molecule has 4 saturated carbocycles. The number of methoxy groups -OCH3 is 2. The monoisotopic (exact) mass is 422 g/mol. The Kier molecular flexibility index (Phi) is 4.99. The summed E-state index contributed by atoms with van der Waals surface area (Å²) in [5, 5.41) is 11.8. The largest absolute Gasteiger partial charge is 0.493 e. The minimum absolute atomic E-state index is 0.194. The third kappa shape index (κ3) is 3.60. The molecule has 0 radical (unpaired) electrons. The summed E-state index contributed by atoms with van der Waals surface area (Å²) < 4.78 is 10.6. The topological polar surface area (TPSA) is 88.6 Å². The second kappa shape index (κ2) is 7.70. The SMILES string of the molecule is COc1ccc(C(C)=NNC(=O)c2cc(C34CC5CC(CC(C5)C3)C4)[nH]n2)cc1OC. The molecule has 0 saturated heterocycles. The van der Waals surface area contributed by atoms with Crippen molar-refractivity contribution >= 4 is 11.6 Å². The first-order valence-electron chi connectivity index (χ1n) is 11.1. The Morgan fingerprint density at radius 1 is 1.06 bits per heavy atom. The number of benzene rings is 1. The maximum absolute atomic E-state index is 12.7. The van der Waals surface area contributed by atoms with E-state index in [4.69, 9.17) is 9.47 Å². The van der Waals surface area contributed by atoms with E-state index in [1.165, 1.54) is 38.5 Å². The van der Waals surface area contributed by atoms with Crippen molar-refractivity contribution in [3.8, 4) is 11.5 Å². The number of amides is 1. The highest BCUT2D eigenvalue weighted by atomic mass is 16.5. The van der Waals surface area contributed by atoms with Crippen molar-refractivity contribution in [3.63, 3.8) is 0 Å². The fraction of sp³-hybridized carbons (Fsp3) is 0.542. The Morgan fingerprint density at radius 3 is 2.32 bits per heavy atom. The van der Waals surface area contributed by atoms with Crippen LogP contribution in [0.15, 0.2) is 29.4 Å². The lowest BCUT2D eigenvalue weighted by molar-refractivity contribution is -0.00721. The highest BCUT2D eigenvalue weighted by Gasteiger charge is 2.52. The van der Waals surface area contributed by atoms with Gasteiger partial charge in [0.15, 0.2) is 17.2 Å². The minimum Gasteiger partial charge on any atom is -0.493 e. The number of carbonyl (C=O) groups excluding carboxylic acids is 1. The highest BCUT2D eigenvalue weighted by Crippen LogP contribution is 2.60. The van der Waals surface area contributed by atoms with Crippen molar-refractivity contribution in [1.29, 1.82) is 0 Å². The van der Waals surface area contributed by atoms with Crippen LogP contribution in [-0.4, -0.2) is 36.0 Å². The van der Waals surface area contributed by atoms with Gasteiger partial charge in [-0.2, -0.15) is 10.2 Å². The van der Waals surface area contributed by atoms with Gasteiger partial charge >= 0.3 is 0 Å². The maximum Gasteiger partial charge on any atom is 0.291 e. The lowest BCUT2D eigenvalue weighted by Gasteiger charge is -2.56. The number of carbonyl (C=O) groups is 1. The van der Waals surface area contributed by atoms with Gasteiger partial charge in [0.2, 0.25) is 0 Å². The molecule has 4 aliphatic carbocycles. The molecule has 2 N–H and O–H groups in total. The Bertz CT molecular complexity index is 990. The van der Waals surface area contributed by atoms with Crippen LogP contribution in [-0.2, 0) is 5.41 Å². The van der Waals surface area contributed by atoms with Crippen LogP contribution in [0.4, 0.5) is 0 Å². The van der Waals surface area contributed by atoms with Gasteiger partial charge < -0.3 is 9.47 Å². The quantitative estimate of drug-likeness (QED) is 0.543. The van der Waals surface area contributed by atoms with Crippen molar-refractivity contribution in [2.24, 2.45) is 22.9 Å². The normalized spacial score (nSPS) is 29.1. The number of nitrogens with zero attached hydrogens (tertiary/aromatic N) is 2. The number of nitrogens with one attached hydrogen (secondary N) is 2. The summed E-state index contributed by atoms with van der Waals surface area (Å²) in [6.45, 7) is 1.84. The van der Waals surface area contributed by atoms with Crippen molar-refractivity contribution in [1.82, 2.24) is 15.6 Å². The molecule has 0 aliphatic heterocycles. The summed E-state index contributed by atoms with van der Waals surface area (Å²) in [6, 6.07) is 7.49. The van der Waals surface area contributed by atoms with Gasteiger partial charge in [-0.25, -0.2) is 5.43 Å². The average molecular weight is 423 g/mol. The number of hydrogen-bond acceptors (Lipinski definition) is 5. The molecule has 7 heteroatoms. The molecule has 0 spiro atoms. The van der Waals surface area contributed by atoms with E-state index in [2.05, 4.69) is 20.7 Å². The highest BCUT2D eigenvalue weighted by molar-refractivity contribution is 6.01. The zero-order valence-corrected chi connectivity index (χ0v) is 18.4. The van der Waals surface area contributed by atoms with Crippen LogP contribution in [0.5, 0.6) is 11.5 Å². The van der Waals surface area contributed by atoms with Crippen LogP contribution >= 0.6 is 0 Å². The molecule has 7 nitrogen and oxygen atoms in total. The van der Waals surface area contributed by atoms with E-state index in [0.717, 1.165) is 29.0 Å². The van der Waals surface area contributed by atoms with Gasteiger partial charge in [0.25, 0.3) is 5.91 Å². The second-order valence-corrected chi connectivity index (χ2v) is 9.57. The molecule has 4 bridgehead atoms. The summed E-state index contributed by atoms with van der Waals surface area (Å²) in [5.74, 6) is 3.51. The third-order valence-corrected chi connectivity index (χ3v) is 7.55. The summed E-state index contributed by atoms with van der Waals surface area (Å²) >= 11 is 0. The van der Waals surface area contributed by atoms with Crippen LogP contribution in [0.25, 0.3) is 0 Å². The van der Waals surface area contributed by atoms with Gasteiger partial charge in [-0.05, 0) is 87.5 Å². The van der Waals surface area contributed by atoms with Crippen LogP contribution in [0.1, 0.15) is 67.2 Å². The van der Waals surface area contributed by atoms with Crippen LogP contribution < -0.4 is 14.9 Å². The lowest BCUT2D eigenvalue weighted by atomic mass is 9.49. The molecule has 6 rings (SSSR count). The molecular formula is C24H30N4O3. The number of hydrogen-bond donors (Lipinski definition) is 2. The Balaban J connectivity index is 1.29. The summed E-state index contributed by atoms with van der Waals surface area (Å²) in [6.07, 6.45) is 7.89. The van der Waals surface area contributed by atoms with Crippen molar-refractivity contribution < 1.29 is 14.3 Å². The van der Waals surface area contributed by atoms with E-state index in [9.17, 15) is 4.79 Å². The summed E-state index contributed by atoms with van der Waals surface area (Å²) in [7, 11) is 3.19. The number of H-pyrrole nitrogens is 1. The van der Waals surface area contributed by atoms with Gasteiger partial charge in [-0.15, -0.1) is 0 Å². The average Bonchev–Trinajstić information content (AvgIpc) is 3.27. The molecule has 0 atom stereocenters. The van der Waals surface area contributed by atoms with Gasteiger partial charge in [-0.1, -0.05) is 0 Å². The van der Waals surface area contributed by atoms with E-state index in [1.807, 2.05) is 31.2 Å². The van der Waals surface area contributed by atoms with Gasteiger partial charge in [-0.3, -0.25) is 9.89 Å². The van der Waals surface area contributed by atoms with E-state index in [1.54, 1.807) is 14.2 Å². The number of rotatable bonds is 6. The van der Waals surface area contributed by atoms with E-state index in [-0.39, 0.29) is 11.3 Å². The number of hydrazone groups is 1. The third-order valence-electron chi connectivity index (χ3n) is 7.55. The first kappa shape index (κ1) is 20.1. The van der Waals surface area contributed by atoms with Crippen molar-refractivity contribution in [3.05, 3.63) is 41.2 Å². The van der Waals surface area contributed by atoms with Gasteiger partial charge in [0.1, 0.15) is 0 Å². The van der Waals surface area contributed by atoms with E-state index >= 15 is 0 Å². The maximum atomic E-state index is 12.7. The molecule has 1 heterocycles. The molecule has 0 unspecified atom stereocenters. The zero-order chi connectivity index (χ0) is 21.6. The van der Waals surface area contributed by atoms with Crippen LogP contribution in [0, 0.1) is 17.8 Å². The fourth-order valence-corrected chi connectivity index (χ4v) is 6.47. The first-order valence-corrected chi connectivity index (χ1v) is 11.1. The number of aromatic nitrogens is 2. The lowest BCUT2D eigenvalue weighted by Crippen LogP contribution is -2.48. The fourth-order valence-electron chi connectivity index (χ4n) is 6.47. The molecule has 2 aromatic rings. The molecule has 4 fully saturated rings. The minimum atomic E-state index is -0.299. The smallest absolute Gasteiger partial charge is 0.291 e. The second-order valence-electron chi connectivity index (χ2n) is 9.57. The molecule has 1 aromatic carbocycles. The summed E-state index contributed by atoms with van der Waals surface area (Å²) in [4.78, 5) is 12.7. The number of aromatic amines is 1. The van der Waals surface area contributed by atoms with Crippen LogP contribution in [0.2, 0.25) is 0 Å². The van der Waals surface area contributed by atoms with Gasteiger partial charge in [0, 0.05) is 16.7 Å². The molecule has 31 heavy (non-hydrogen) atoms. The zero-order valence-electron chi connectivity index (χ0n) is 18.4. The molecular weight excluding hydrogens is 392 g/mol. The van der Waals surface area contributed by atoms with Crippen molar-refractivity contribution in [2.75, 3.05) is 14.2 Å².